The molecule has 1 N–H and O–H groups in total. The monoisotopic (exact) mass is 329 g/mol. The molecule has 3 rings (SSSR count). The molecule has 0 aromatic heterocycles. The summed E-state index contributed by atoms with van der Waals surface area (Å²) in [5.74, 6) is 1.01. The van der Waals surface area contributed by atoms with Crippen molar-refractivity contribution in [1.29, 1.82) is 0 Å². The Bertz CT molecular complexity index is 494. The summed E-state index contributed by atoms with van der Waals surface area (Å²) >= 11 is 0. The Hall–Kier alpha value is -0.820. The number of sulfone groups is 1. The number of amides is 2. The van der Waals surface area contributed by atoms with Gasteiger partial charge in [-0.25, -0.2) is 13.2 Å². The van der Waals surface area contributed by atoms with E-state index in [1.807, 2.05) is 4.90 Å². The van der Waals surface area contributed by atoms with E-state index in [1.165, 1.54) is 32.5 Å². The second-order valence-electron chi connectivity index (χ2n) is 6.99. The molecule has 3 fully saturated rings. The quantitative estimate of drug-likeness (QED) is 0.827. The minimum atomic E-state index is -2.93. The summed E-state index contributed by atoms with van der Waals surface area (Å²) in [5.41, 5.74) is 0. The number of piperidine rings is 1. The smallest absolute Gasteiger partial charge is 0.317 e. The molecule has 0 aromatic carbocycles. The highest BCUT2D eigenvalue weighted by atomic mass is 32.2. The largest absolute Gasteiger partial charge is 0.334 e. The molecule has 0 aliphatic carbocycles. The SMILES string of the molecule is O=C(N[C@H]1CCS(=O)(=O)C1)N1CCC(CN2CCCC2)CC1. The van der Waals surface area contributed by atoms with Crippen LogP contribution in [0.25, 0.3) is 0 Å². The van der Waals surface area contributed by atoms with Crippen LogP contribution in [0.2, 0.25) is 0 Å². The fraction of sp³-hybridized carbons (Fsp3) is 0.933. The molecule has 3 aliphatic rings. The van der Waals surface area contributed by atoms with Gasteiger partial charge in [0.1, 0.15) is 0 Å². The summed E-state index contributed by atoms with van der Waals surface area (Å²) in [4.78, 5) is 16.6. The van der Waals surface area contributed by atoms with Gasteiger partial charge in [-0.1, -0.05) is 0 Å². The van der Waals surface area contributed by atoms with E-state index in [4.69, 9.17) is 0 Å². The van der Waals surface area contributed by atoms with Crippen LogP contribution < -0.4 is 5.32 Å². The van der Waals surface area contributed by atoms with Gasteiger partial charge in [-0.15, -0.1) is 0 Å². The van der Waals surface area contributed by atoms with Gasteiger partial charge < -0.3 is 15.1 Å². The fourth-order valence-electron chi connectivity index (χ4n) is 3.82. The zero-order valence-electron chi connectivity index (χ0n) is 13.2. The molecule has 22 heavy (non-hydrogen) atoms. The van der Waals surface area contributed by atoms with E-state index >= 15 is 0 Å². The van der Waals surface area contributed by atoms with E-state index in [0.29, 0.717) is 12.3 Å². The lowest BCUT2D eigenvalue weighted by Gasteiger charge is -2.34. The van der Waals surface area contributed by atoms with Crippen molar-refractivity contribution in [3.63, 3.8) is 0 Å². The number of hydrogen-bond donors (Lipinski definition) is 1. The second-order valence-corrected chi connectivity index (χ2v) is 9.22. The zero-order valence-corrected chi connectivity index (χ0v) is 14.0. The Balaban J connectivity index is 1.40. The summed E-state index contributed by atoms with van der Waals surface area (Å²) in [6.07, 6.45) is 5.33. The number of hydrogen-bond acceptors (Lipinski definition) is 4. The maximum Gasteiger partial charge on any atom is 0.317 e. The number of rotatable bonds is 3. The van der Waals surface area contributed by atoms with Crippen LogP contribution in [0.3, 0.4) is 0 Å². The first-order valence-electron chi connectivity index (χ1n) is 8.50. The lowest BCUT2D eigenvalue weighted by molar-refractivity contribution is 0.152. The van der Waals surface area contributed by atoms with Gasteiger partial charge in [0, 0.05) is 25.7 Å². The molecule has 0 aromatic rings. The Morgan fingerprint density at radius 1 is 1.05 bits per heavy atom. The Morgan fingerprint density at radius 3 is 2.32 bits per heavy atom. The summed E-state index contributed by atoms with van der Waals surface area (Å²) in [5, 5.41) is 2.89. The number of nitrogens with zero attached hydrogens (tertiary/aromatic N) is 2. The average Bonchev–Trinajstić information content (AvgIpc) is 3.09. The number of urea groups is 1. The number of likely N-dealkylation sites (tertiary alicyclic amines) is 2. The maximum absolute atomic E-state index is 12.2. The van der Waals surface area contributed by atoms with Crippen molar-refractivity contribution >= 4 is 15.9 Å². The minimum Gasteiger partial charge on any atom is -0.334 e. The summed E-state index contributed by atoms with van der Waals surface area (Å²) < 4.78 is 22.9. The Morgan fingerprint density at radius 2 is 1.73 bits per heavy atom. The van der Waals surface area contributed by atoms with Gasteiger partial charge in [0.25, 0.3) is 0 Å². The standard InChI is InChI=1S/C15H27N3O3S/c19-15(16-14-5-10-22(20,21)12-14)18-8-3-13(4-9-18)11-17-6-1-2-7-17/h13-14H,1-12H2,(H,16,19)/t14-/m0/s1. The fourth-order valence-corrected chi connectivity index (χ4v) is 5.50. The van der Waals surface area contributed by atoms with Gasteiger partial charge in [0.2, 0.25) is 0 Å². The van der Waals surface area contributed by atoms with Crippen molar-refractivity contribution in [2.24, 2.45) is 5.92 Å². The first kappa shape index (κ1) is 16.1. The zero-order chi connectivity index (χ0) is 15.6. The van der Waals surface area contributed by atoms with Gasteiger partial charge in [-0.05, 0) is 51.1 Å². The Labute approximate surface area is 133 Å². The highest BCUT2D eigenvalue weighted by Gasteiger charge is 2.31. The van der Waals surface area contributed by atoms with E-state index in [-0.39, 0.29) is 23.6 Å². The molecule has 3 saturated heterocycles. The topological polar surface area (TPSA) is 69.7 Å². The van der Waals surface area contributed by atoms with E-state index < -0.39 is 9.84 Å². The molecule has 0 radical (unpaired) electrons. The molecule has 0 bridgehead atoms. The first-order chi connectivity index (χ1) is 10.5. The predicted molar refractivity (Wildman–Crippen MR) is 85.6 cm³/mol. The van der Waals surface area contributed by atoms with Crippen LogP contribution in [0.1, 0.15) is 32.1 Å². The van der Waals surface area contributed by atoms with E-state index in [9.17, 15) is 13.2 Å². The molecule has 6 nitrogen and oxygen atoms in total. The maximum atomic E-state index is 12.2. The summed E-state index contributed by atoms with van der Waals surface area (Å²) in [6.45, 7) is 5.23. The summed E-state index contributed by atoms with van der Waals surface area (Å²) in [6, 6.07) is -0.276. The van der Waals surface area contributed by atoms with Crippen molar-refractivity contribution in [2.45, 2.75) is 38.1 Å². The highest BCUT2D eigenvalue weighted by Crippen LogP contribution is 2.21. The lowest BCUT2D eigenvalue weighted by Crippen LogP contribution is -2.49. The molecular weight excluding hydrogens is 302 g/mol. The molecule has 2 amide bonds. The normalized spacial score (nSPS) is 29.8. The molecule has 126 valence electrons. The lowest BCUT2D eigenvalue weighted by atomic mass is 9.96. The number of carbonyl (C=O) groups is 1. The van der Waals surface area contributed by atoms with Crippen molar-refractivity contribution < 1.29 is 13.2 Å². The molecular formula is C15H27N3O3S. The molecule has 0 spiro atoms. The third-order valence-electron chi connectivity index (χ3n) is 5.18. The molecule has 0 saturated carbocycles. The number of nitrogens with one attached hydrogen (secondary N) is 1. The number of carbonyl (C=O) groups excluding carboxylic acids is 1. The van der Waals surface area contributed by atoms with Crippen LogP contribution in [0, 0.1) is 5.92 Å². The summed E-state index contributed by atoms with van der Waals surface area (Å²) in [7, 11) is -2.93. The molecule has 7 heteroatoms. The highest BCUT2D eigenvalue weighted by molar-refractivity contribution is 7.91. The molecule has 3 aliphatic heterocycles. The third kappa shape index (κ3) is 4.13. The van der Waals surface area contributed by atoms with Crippen molar-refractivity contribution in [3.05, 3.63) is 0 Å². The average molecular weight is 329 g/mol. The second kappa shape index (κ2) is 6.74. The van der Waals surface area contributed by atoms with Crippen LogP contribution in [-0.4, -0.2) is 74.5 Å². The van der Waals surface area contributed by atoms with Crippen LogP contribution in [0.5, 0.6) is 0 Å². The van der Waals surface area contributed by atoms with Crippen molar-refractivity contribution in [2.75, 3.05) is 44.2 Å². The third-order valence-corrected chi connectivity index (χ3v) is 6.94. The van der Waals surface area contributed by atoms with Crippen LogP contribution in [-0.2, 0) is 9.84 Å². The van der Waals surface area contributed by atoms with Crippen LogP contribution >= 0.6 is 0 Å². The first-order valence-corrected chi connectivity index (χ1v) is 10.3. The van der Waals surface area contributed by atoms with E-state index in [1.54, 1.807) is 0 Å². The molecule has 3 heterocycles. The Kier molecular flexibility index (Phi) is 4.92. The molecule has 1 atom stereocenters. The van der Waals surface area contributed by atoms with Crippen molar-refractivity contribution in [1.82, 2.24) is 15.1 Å². The molecule has 0 unspecified atom stereocenters. The van der Waals surface area contributed by atoms with E-state index in [2.05, 4.69) is 10.2 Å². The predicted octanol–water partition coefficient (Wildman–Crippen LogP) is 0.691. The van der Waals surface area contributed by atoms with Gasteiger partial charge in [0.05, 0.1) is 11.5 Å². The van der Waals surface area contributed by atoms with Gasteiger partial charge >= 0.3 is 6.03 Å². The van der Waals surface area contributed by atoms with Gasteiger partial charge in [0.15, 0.2) is 9.84 Å². The van der Waals surface area contributed by atoms with Crippen LogP contribution in [0.15, 0.2) is 0 Å². The van der Waals surface area contributed by atoms with E-state index in [0.717, 1.165) is 25.9 Å². The van der Waals surface area contributed by atoms with Gasteiger partial charge in [-0.3, -0.25) is 0 Å². The van der Waals surface area contributed by atoms with Crippen molar-refractivity contribution in [3.8, 4) is 0 Å². The van der Waals surface area contributed by atoms with Gasteiger partial charge in [-0.2, -0.15) is 0 Å². The van der Waals surface area contributed by atoms with Crippen LogP contribution in [0.4, 0.5) is 4.79 Å². The minimum absolute atomic E-state index is 0.0817.